The number of ether oxygens (including phenoxy) is 1. The second kappa shape index (κ2) is 7.65. The van der Waals surface area contributed by atoms with Crippen LogP contribution in [0.25, 0.3) is 0 Å². The molecule has 21 heavy (non-hydrogen) atoms. The number of nitrogens with one attached hydrogen (secondary N) is 1. The van der Waals surface area contributed by atoms with Crippen molar-refractivity contribution in [2.45, 2.75) is 0 Å². The Hall–Kier alpha value is -2.87. The molecule has 1 aromatic heterocycles. The molecule has 4 nitrogen and oxygen atoms in total. The van der Waals surface area contributed by atoms with Crippen molar-refractivity contribution in [3.8, 4) is 17.6 Å². The Morgan fingerprint density at radius 1 is 1.24 bits per heavy atom. The van der Waals surface area contributed by atoms with Gasteiger partial charge in [-0.15, -0.1) is 0 Å². The molecule has 0 aliphatic rings. The number of hydrogen-bond acceptors (Lipinski definition) is 3. The zero-order valence-electron chi connectivity index (χ0n) is 11.2. The third-order valence-corrected chi connectivity index (χ3v) is 2.52. The third-order valence-electron chi connectivity index (χ3n) is 2.52. The summed E-state index contributed by atoms with van der Waals surface area (Å²) in [7, 11) is 0. The SMILES string of the molecule is O=C(NCC#CCOc1ccccc1F)c1cccnc1. The lowest BCUT2D eigenvalue weighted by Gasteiger charge is -2.02. The fourth-order valence-corrected chi connectivity index (χ4v) is 1.51. The van der Waals surface area contributed by atoms with Crippen molar-refractivity contribution in [2.75, 3.05) is 13.2 Å². The summed E-state index contributed by atoms with van der Waals surface area (Å²) in [6, 6.07) is 9.46. The molecule has 1 heterocycles. The molecular weight excluding hydrogens is 271 g/mol. The average Bonchev–Trinajstić information content (AvgIpc) is 2.53. The predicted molar refractivity (Wildman–Crippen MR) is 76.2 cm³/mol. The molecule has 0 fully saturated rings. The summed E-state index contributed by atoms with van der Waals surface area (Å²) in [5.74, 6) is 4.91. The van der Waals surface area contributed by atoms with E-state index in [9.17, 15) is 9.18 Å². The van der Waals surface area contributed by atoms with E-state index in [4.69, 9.17) is 4.74 Å². The second-order valence-corrected chi connectivity index (χ2v) is 4.00. The van der Waals surface area contributed by atoms with Gasteiger partial charge < -0.3 is 10.1 Å². The minimum atomic E-state index is -0.427. The van der Waals surface area contributed by atoms with Gasteiger partial charge in [-0.25, -0.2) is 4.39 Å². The first-order valence-electron chi connectivity index (χ1n) is 6.28. The van der Waals surface area contributed by atoms with Gasteiger partial charge in [0.25, 0.3) is 5.91 Å². The van der Waals surface area contributed by atoms with Gasteiger partial charge in [0.15, 0.2) is 11.6 Å². The number of carbonyl (C=O) groups excluding carboxylic acids is 1. The number of halogens is 1. The van der Waals surface area contributed by atoms with E-state index in [0.717, 1.165) is 0 Å². The van der Waals surface area contributed by atoms with Crippen LogP contribution in [0.2, 0.25) is 0 Å². The molecule has 0 aliphatic carbocycles. The van der Waals surface area contributed by atoms with E-state index >= 15 is 0 Å². The number of nitrogens with zero attached hydrogens (tertiary/aromatic N) is 1. The predicted octanol–water partition coefficient (Wildman–Crippen LogP) is 2.03. The molecule has 2 rings (SSSR count). The number of hydrogen-bond donors (Lipinski definition) is 1. The van der Waals surface area contributed by atoms with Gasteiger partial charge in [-0.2, -0.15) is 0 Å². The number of para-hydroxylation sites is 1. The van der Waals surface area contributed by atoms with E-state index in [1.807, 2.05) is 0 Å². The maximum Gasteiger partial charge on any atom is 0.253 e. The van der Waals surface area contributed by atoms with Gasteiger partial charge in [-0.1, -0.05) is 24.0 Å². The van der Waals surface area contributed by atoms with Crippen molar-refractivity contribution < 1.29 is 13.9 Å². The van der Waals surface area contributed by atoms with Gasteiger partial charge in [0.05, 0.1) is 12.1 Å². The molecule has 106 valence electrons. The molecule has 0 spiro atoms. The molecule has 5 heteroatoms. The van der Waals surface area contributed by atoms with Crippen LogP contribution in [0.15, 0.2) is 48.8 Å². The van der Waals surface area contributed by atoms with Crippen molar-refractivity contribution in [2.24, 2.45) is 0 Å². The fourth-order valence-electron chi connectivity index (χ4n) is 1.51. The molecule has 2 aromatic rings. The van der Waals surface area contributed by atoms with Crippen LogP contribution in [0, 0.1) is 17.7 Å². The van der Waals surface area contributed by atoms with Gasteiger partial charge in [-0.05, 0) is 24.3 Å². The standard InChI is InChI=1S/C16H13FN2O2/c17-14-7-1-2-8-15(14)21-11-4-3-10-19-16(20)13-6-5-9-18-12-13/h1-2,5-9,12H,10-11H2,(H,19,20). The molecular formula is C16H13FN2O2. The summed E-state index contributed by atoms with van der Waals surface area (Å²) >= 11 is 0. The average molecular weight is 284 g/mol. The summed E-state index contributed by atoms with van der Waals surface area (Å²) < 4.78 is 18.4. The van der Waals surface area contributed by atoms with Gasteiger partial charge in [0, 0.05) is 12.4 Å². The van der Waals surface area contributed by atoms with Gasteiger partial charge in [-0.3, -0.25) is 9.78 Å². The summed E-state index contributed by atoms with van der Waals surface area (Å²) in [6.07, 6.45) is 3.07. The van der Waals surface area contributed by atoms with Gasteiger partial charge >= 0.3 is 0 Å². The lowest BCUT2D eigenvalue weighted by Crippen LogP contribution is -2.23. The highest BCUT2D eigenvalue weighted by atomic mass is 19.1. The number of pyridine rings is 1. The summed E-state index contributed by atoms with van der Waals surface area (Å²) in [6.45, 7) is 0.248. The summed E-state index contributed by atoms with van der Waals surface area (Å²) in [5, 5.41) is 2.63. The maximum atomic E-state index is 13.2. The molecule has 0 saturated carbocycles. The molecule has 0 bridgehead atoms. The molecule has 1 amide bonds. The Bertz CT molecular complexity index is 663. The first-order chi connectivity index (χ1) is 10.3. The van der Waals surface area contributed by atoms with Crippen LogP contribution in [0.5, 0.6) is 5.75 Å². The number of benzene rings is 1. The Kier molecular flexibility index (Phi) is 5.30. The lowest BCUT2D eigenvalue weighted by molar-refractivity contribution is 0.0958. The third kappa shape index (κ3) is 4.62. The van der Waals surface area contributed by atoms with Crippen LogP contribution in [0.4, 0.5) is 4.39 Å². The van der Waals surface area contributed by atoms with E-state index in [0.29, 0.717) is 5.56 Å². The van der Waals surface area contributed by atoms with Crippen LogP contribution < -0.4 is 10.1 Å². The highest BCUT2D eigenvalue weighted by molar-refractivity contribution is 5.93. The van der Waals surface area contributed by atoms with Crippen LogP contribution in [-0.4, -0.2) is 24.0 Å². The molecule has 0 atom stereocenters. The van der Waals surface area contributed by atoms with Gasteiger partial charge in [0.2, 0.25) is 0 Å². The minimum absolute atomic E-state index is 0.0592. The number of amides is 1. The Morgan fingerprint density at radius 2 is 2.10 bits per heavy atom. The molecule has 0 aliphatic heterocycles. The van der Waals surface area contributed by atoms with Crippen molar-refractivity contribution in [1.29, 1.82) is 0 Å². The van der Waals surface area contributed by atoms with E-state index < -0.39 is 5.82 Å². The minimum Gasteiger partial charge on any atom is -0.478 e. The van der Waals surface area contributed by atoms with Crippen LogP contribution in [-0.2, 0) is 0 Å². The molecule has 0 saturated heterocycles. The Morgan fingerprint density at radius 3 is 2.86 bits per heavy atom. The maximum absolute atomic E-state index is 13.2. The Labute approximate surface area is 122 Å². The largest absolute Gasteiger partial charge is 0.478 e. The normalized spacial score (nSPS) is 9.38. The van der Waals surface area contributed by atoms with Crippen molar-refractivity contribution in [1.82, 2.24) is 10.3 Å². The topological polar surface area (TPSA) is 51.2 Å². The zero-order chi connectivity index (χ0) is 14.9. The molecule has 1 aromatic carbocycles. The summed E-state index contributed by atoms with van der Waals surface area (Å²) in [5.41, 5.74) is 0.474. The van der Waals surface area contributed by atoms with E-state index in [-0.39, 0.29) is 24.8 Å². The van der Waals surface area contributed by atoms with Crippen LogP contribution in [0.1, 0.15) is 10.4 Å². The highest BCUT2D eigenvalue weighted by Gasteiger charge is 2.02. The highest BCUT2D eigenvalue weighted by Crippen LogP contribution is 2.14. The fraction of sp³-hybridized carbons (Fsp3) is 0.125. The van der Waals surface area contributed by atoms with Crippen LogP contribution in [0.3, 0.4) is 0 Å². The second-order valence-electron chi connectivity index (χ2n) is 4.00. The van der Waals surface area contributed by atoms with Crippen molar-refractivity contribution in [3.05, 3.63) is 60.2 Å². The first-order valence-corrected chi connectivity index (χ1v) is 6.28. The molecule has 0 radical (unpaired) electrons. The zero-order valence-corrected chi connectivity index (χ0v) is 11.2. The Balaban J connectivity index is 1.73. The monoisotopic (exact) mass is 284 g/mol. The molecule has 0 unspecified atom stereocenters. The number of rotatable bonds is 4. The smallest absolute Gasteiger partial charge is 0.253 e. The van der Waals surface area contributed by atoms with E-state index in [1.54, 1.807) is 30.5 Å². The van der Waals surface area contributed by atoms with E-state index in [2.05, 4.69) is 22.1 Å². The number of carbonyl (C=O) groups is 1. The van der Waals surface area contributed by atoms with Crippen LogP contribution >= 0.6 is 0 Å². The quantitative estimate of drug-likeness (QED) is 0.874. The first kappa shape index (κ1) is 14.5. The van der Waals surface area contributed by atoms with Crippen molar-refractivity contribution >= 4 is 5.91 Å². The van der Waals surface area contributed by atoms with E-state index in [1.165, 1.54) is 18.3 Å². The molecule has 1 N–H and O–H groups in total. The lowest BCUT2D eigenvalue weighted by atomic mass is 10.3. The number of aromatic nitrogens is 1. The van der Waals surface area contributed by atoms with Gasteiger partial charge in [0.1, 0.15) is 6.61 Å². The van der Waals surface area contributed by atoms with Crippen molar-refractivity contribution in [3.63, 3.8) is 0 Å². The summed E-state index contributed by atoms with van der Waals surface area (Å²) in [4.78, 5) is 15.5.